The highest BCUT2D eigenvalue weighted by Crippen LogP contribution is 2.29. The van der Waals surface area contributed by atoms with Gasteiger partial charge in [-0.05, 0) is 12.1 Å². The van der Waals surface area contributed by atoms with Gasteiger partial charge in [0.2, 0.25) is 0 Å². The van der Waals surface area contributed by atoms with Gasteiger partial charge in [-0.25, -0.2) is 4.98 Å². The van der Waals surface area contributed by atoms with Gasteiger partial charge in [-0.3, -0.25) is 4.79 Å². The molecule has 0 atom stereocenters. The van der Waals surface area contributed by atoms with Crippen LogP contribution in [0.2, 0.25) is 10.2 Å². The van der Waals surface area contributed by atoms with Crippen LogP contribution in [-0.2, 0) is 7.05 Å². The lowest BCUT2D eigenvalue weighted by atomic mass is 10.2. The van der Waals surface area contributed by atoms with Crippen LogP contribution < -0.4 is 0 Å². The van der Waals surface area contributed by atoms with Crippen LogP contribution in [0.1, 0.15) is 17.4 Å². The normalized spacial score (nSPS) is 10.6. The predicted octanol–water partition coefficient (Wildman–Crippen LogP) is 3.60. The molecule has 0 saturated heterocycles. The summed E-state index contributed by atoms with van der Waals surface area (Å²) in [5, 5.41) is 0.903. The van der Waals surface area contributed by atoms with Crippen molar-refractivity contribution in [1.29, 1.82) is 0 Å². The Morgan fingerprint density at radius 3 is 2.47 bits per heavy atom. The fraction of sp³-hybridized carbons (Fsp3) is 0.167. The summed E-state index contributed by atoms with van der Waals surface area (Å²) >= 11 is 12.1. The summed E-state index contributed by atoms with van der Waals surface area (Å²) in [7, 11) is 1.75. The summed E-state index contributed by atoms with van der Waals surface area (Å²) in [4.78, 5) is 15.6. The summed E-state index contributed by atoms with van der Waals surface area (Å²) < 4.78 is 1.65. The number of rotatable bonds is 2. The Bertz CT molecular complexity index is 590. The van der Waals surface area contributed by atoms with Crippen LogP contribution >= 0.6 is 23.2 Å². The number of imidazole rings is 1. The molecule has 0 aliphatic rings. The summed E-state index contributed by atoms with van der Waals surface area (Å²) in [6, 6.07) is 7.30. The highest BCUT2D eigenvalue weighted by Gasteiger charge is 2.18. The topological polar surface area (TPSA) is 34.9 Å². The standard InChI is InChI=1S/C12H10Cl2N2O/c1-7(17)10-11(14)16(2)12(15-10)8-5-3-4-6-9(8)13/h3-6H,1-2H3. The molecule has 1 aromatic carbocycles. The first-order valence-electron chi connectivity index (χ1n) is 5.00. The summed E-state index contributed by atoms with van der Waals surface area (Å²) in [5.74, 6) is 0.426. The lowest BCUT2D eigenvalue weighted by Crippen LogP contribution is -1.93. The number of Topliss-reactive ketones (excluding diaryl/α,β-unsaturated/α-hetero) is 1. The number of ketones is 1. The molecule has 0 fully saturated rings. The number of aromatic nitrogens is 2. The van der Waals surface area contributed by atoms with Crippen molar-refractivity contribution in [2.75, 3.05) is 0 Å². The third-order valence-electron chi connectivity index (χ3n) is 2.47. The number of carbonyl (C=O) groups is 1. The van der Waals surface area contributed by atoms with Gasteiger partial charge in [0.15, 0.2) is 5.78 Å². The molecule has 0 saturated carbocycles. The molecule has 0 spiro atoms. The Labute approximate surface area is 109 Å². The van der Waals surface area contributed by atoms with Crippen LogP contribution in [0.4, 0.5) is 0 Å². The van der Waals surface area contributed by atoms with Crippen molar-refractivity contribution in [2.24, 2.45) is 7.05 Å². The molecule has 3 nitrogen and oxygen atoms in total. The van der Waals surface area contributed by atoms with E-state index in [0.717, 1.165) is 5.56 Å². The van der Waals surface area contributed by atoms with Gasteiger partial charge in [-0.15, -0.1) is 0 Å². The van der Waals surface area contributed by atoms with E-state index in [0.29, 0.717) is 16.0 Å². The molecule has 1 heterocycles. The number of nitrogens with zero attached hydrogens (tertiary/aromatic N) is 2. The van der Waals surface area contributed by atoms with Crippen LogP contribution in [0, 0.1) is 0 Å². The summed E-state index contributed by atoms with van der Waals surface area (Å²) in [6.07, 6.45) is 0. The van der Waals surface area contributed by atoms with E-state index in [1.165, 1.54) is 6.92 Å². The maximum Gasteiger partial charge on any atom is 0.181 e. The summed E-state index contributed by atoms with van der Waals surface area (Å²) in [5.41, 5.74) is 1.02. The van der Waals surface area contributed by atoms with Crippen molar-refractivity contribution in [3.8, 4) is 11.4 Å². The molecular formula is C12H10Cl2N2O. The predicted molar refractivity (Wildman–Crippen MR) is 68.7 cm³/mol. The molecule has 88 valence electrons. The third-order valence-corrected chi connectivity index (χ3v) is 3.24. The Morgan fingerprint density at radius 1 is 1.29 bits per heavy atom. The first-order chi connectivity index (χ1) is 8.02. The Balaban J connectivity index is 2.66. The molecular weight excluding hydrogens is 259 g/mol. The molecule has 2 aromatic rings. The fourth-order valence-corrected chi connectivity index (χ4v) is 2.06. The third kappa shape index (κ3) is 2.08. The molecule has 17 heavy (non-hydrogen) atoms. The average molecular weight is 269 g/mol. The van der Waals surface area contributed by atoms with E-state index in [1.807, 2.05) is 18.2 Å². The second-order valence-corrected chi connectivity index (χ2v) is 4.44. The van der Waals surface area contributed by atoms with Crippen LogP contribution in [-0.4, -0.2) is 15.3 Å². The molecule has 0 aliphatic heterocycles. The van der Waals surface area contributed by atoms with Crippen LogP contribution in [0.15, 0.2) is 24.3 Å². The molecule has 5 heteroatoms. The highest BCUT2D eigenvalue weighted by atomic mass is 35.5. The zero-order valence-electron chi connectivity index (χ0n) is 9.37. The lowest BCUT2D eigenvalue weighted by Gasteiger charge is -2.03. The van der Waals surface area contributed by atoms with Crippen LogP contribution in [0.5, 0.6) is 0 Å². The van der Waals surface area contributed by atoms with Gasteiger partial charge in [0, 0.05) is 19.5 Å². The lowest BCUT2D eigenvalue weighted by molar-refractivity contribution is 0.101. The van der Waals surface area contributed by atoms with E-state index in [-0.39, 0.29) is 11.5 Å². The van der Waals surface area contributed by atoms with Crippen molar-refractivity contribution < 1.29 is 4.79 Å². The number of halogens is 2. The first-order valence-corrected chi connectivity index (χ1v) is 5.76. The highest BCUT2D eigenvalue weighted by molar-refractivity contribution is 6.34. The second-order valence-electron chi connectivity index (χ2n) is 3.67. The van der Waals surface area contributed by atoms with Crippen molar-refractivity contribution in [3.63, 3.8) is 0 Å². The zero-order chi connectivity index (χ0) is 12.6. The second kappa shape index (κ2) is 4.51. The minimum atomic E-state index is -0.163. The van der Waals surface area contributed by atoms with Gasteiger partial charge in [0.1, 0.15) is 16.7 Å². The molecule has 0 aliphatic carbocycles. The monoisotopic (exact) mass is 268 g/mol. The Morgan fingerprint density at radius 2 is 1.94 bits per heavy atom. The van der Waals surface area contributed by atoms with E-state index >= 15 is 0 Å². The summed E-state index contributed by atoms with van der Waals surface area (Å²) in [6.45, 7) is 1.44. The van der Waals surface area contributed by atoms with E-state index < -0.39 is 0 Å². The number of hydrogen-bond acceptors (Lipinski definition) is 2. The van der Waals surface area contributed by atoms with Gasteiger partial charge in [-0.2, -0.15) is 0 Å². The van der Waals surface area contributed by atoms with Crippen molar-refractivity contribution in [1.82, 2.24) is 9.55 Å². The SMILES string of the molecule is CC(=O)c1nc(-c2ccccc2Cl)n(C)c1Cl. The number of carbonyl (C=O) groups excluding carboxylic acids is 1. The molecule has 0 bridgehead atoms. The molecule has 0 unspecified atom stereocenters. The number of hydrogen-bond donors (Lipinski definition) is 0. The minimum absolute atomic E-state index is 0.163. The number of benzene rings is 1. The average Bonchev–Trinajstić information content (AvgIpc) is 2.57. The largest absolute Gasteiger partial charge is 0.318 e. The van der Waals surface area contributed by atoms with Crippen molar-refractivity contribution >= 4 is 29.0 Å². The van der Waals surface area contributed by atoms with Gasteiger partial charge < -0.3 is 4.57 Å². The van der Waals surface area contributed by atoms with E-state index in [4.69, 9.17) is 23.2 Å². The molecule has 0 radical (unpaired) electrons. The van der Waals surface area contributed by atoms with Gasteiger partial charge in [0.05, 0.1) is 5.02 Å². The molecule has 1 aromatic heterocycles. The van der Waals surface area contributed by atoms with Gasteiger partial charge in [0.25, 0.3) is 0 Å². The maximum atomic E-state index is 11.4. The van der Waals surface area contributed by atoms with Crippen LogP contribution in [0.25, 0.3) is 11.4 Å². The maximum absolute atomic E-state index is 11.4. The smallest absolute Gasteiger partial charge is 0.181 e. The molecule has 2 rings (SSSR count). The molecule has 0 N–H and O–H groups in total. The minimum Gasteiger partial charge on any atom is -0.318 e. The van der Waals surface area contributed by atoms with Gasteiger partial charge >= 0.3 is 0 Å². The fourth-order valence-electron chi connectivity index (χ4n) is 1.59. The van der Waals surface area contributed by atoms with E-state index in [2.05, 4.69) is 4.98 Å². The quantitative estimate of drug-likeness (QED) is 0.781. The zero-order valence-corrected chi connectivity index (χ0v) is 10.9. The van der Waals surface area contributed by atoms with Crippen LogP contribution in [0.3, 0.4) is 0 Å². The van der Waals surface area contributed by atoms with E-state index in [1.54, 1.807) is 17.7 Å². The Kier molecular flexibility index (Phi) is 3.22. The first kappa shape index (κ1) is 12.1. The van der Waals surface area contributed by atoms with Gasteiger partial charge in [-0.1, -0.05) is 35.3 Å². The molecule has 0 amide bonds. The van der Waals surface area contributed by atoms with Crippen molar-refractivity contribution in [3.05, 3.63) is 40.1 Å². The Hall–Kier alpha value is -1.32. The van der Waals surface area contributed by atoms with Crippen molar-refractivity contribution in [2.45, 2.75) is 6.92 Å². The van der Waals surface area contributed by atoms with E-state index in [9.17, 15) is 4.79 Å².